The normalized spacial score (nSPS) is 17.1. The molecule has 0 radical (unpaired) electrons. The first-order valence-corrected chi connectivity index (χ1v) is 11.7. The lowest BCUT2D eigenvalue weighted by atomic mass is 9.99. The number of amides is 1. The number of fused-ring (bicyclic) bond motifs is 3. The van der Waals surface area contributed by atoms with Gasteiger partial charge in [0, 0.05) is 60.5 Å². The summed E-state index contributed by atoms with van der Waals surface area (Å²) in [6.45, 7) is 4.17. The van der Waals surface area contributed by atoms with Crippen LogP contribution in [0.2, 0.25) is 0 Å². The maximum Gasteiger partial charge on any atom is 0.253 e. The lowest BCUT2D eigenvalue weighted by Gasteiger charge is -2.35. The average Bonchev–Trinajstić information content (AvgIpc) is 2.80. The predicted molar refractivity (Wildman–Crippen MR) is 122 cm³/mol. The number of hydrogen-bond donors (Lipinski definition) is 1. The second-order valence-electron chi connectivity index (χ2n) is 8.03. The minimum Gasteiger partial charge on any atom is -0.336 e. The molecule has 0 bridgehead atoms. The Bertz CT molecular complexity index is 1130. The van der Waals surface area contributed by atoms with Gasteiger partial charge in [-0.1, -0.05) is 30.3 Å². The van der Waals surface area contributed by atoms with Crippen molar-refractivity contribution in [2.75, 3.05) is 31.9 Å². The number of nitrogens with zero attached hydrogens (tertiary/aromatic N) is 2. The van der Waals surface area contributed by atoms with Crippen molar-refractivity contribution >= 4 is 28.6 Å². The van der Waals surface area contributed by atoms with Crippen LogP contribution in [0.5, 0.6) is 0 Å². The summed E-state index contributed by atoms with van der Waals surface area (Å²) in [4.78, 5) is 32.9. The molecule has 0 unspecified atom stereocenters. The van der Waals surface area contributed by atoms with E-state index >= 15 is 0 Å². The zero-order chi connectivity index (χ0) is 20.5. The van der Waals surface area contributed by atoms with Crippen LogP contribution in [0.25, 0.3) is 10.9 Å². The van der Waals surface area contributed by atoms with Crippen molar-refractivity contribution in [2.45, 2.75) is 18.7 Å². The Balaban J connectivity index is 1.33. The number of piperazine rings is 1. The zero-order valence-electron chi connectivity index (χ0n) is 16.9. The highest BCUT2D eigenvalue weighted by atomic mass is 32.2. The molecule has 0 atom stereocenters. The molecular weight excluding hydrogens is 394 g/mol. The van der Waals surface area contributed by atoms with E-state index in [1.54, 1.807) is 11.8 Å². The summed E-state index contributed by atoms with van der Waals surface area (Å²) in [5, 5.41) is 1.03. The minimum atomic E-state index is 0.0123. The van der Waals surface area contributed by atoms with Gasteiger partial charge >= 0.3 is 0 Å². The number of rotatable bonds is 3. The van der Waals surface area contributed by atoms with Crippen molar-refractivity contribution < 1.29 is 4.79 Å². The summed E-state index contributed by atoms with van der Waals surface area (Å²) in [6, 6.07) is 16.2. The molecule has 2 aliphatic heterocycles. The van der Waals surface area contributed by atoms with Gasteiger partial charge in [0.2, 0.25) is 0 Å². The molecule has 2 aromatic carbocycles. The van der Waals surface area contributed by atoms with Crippen LogP contribution in [-0.2, 0) is 18.7 Å². The van der Waals surface area contributed by atoms with E-state index in [2.05, 4.69) is 34.1 Å². The van der Waals surface area contributed by atoms with Gasteiger partial charge in [0.25, 0.3) is 11.5 Å². The Kier molecular flexibility index (Phi) is 5.35. The molecule has 3 aromatic rings. The summed E-state index contributed by atoms with van der Waals surface area (Å²) in [7, 11) is 0. The smallest absolute Gasteiger partial charge is 0.253 e. The van der Waals surface area contributed by atoms with E-state index in [0.717, 1.165) is 72.7 Å². The van der Waals surface area contributed by atoms with Crippen molar-refractivity contribution in [1.29, 1.82) is 0 Å². The SMILES string of the molecule is O=C(c1ccc2[nH]c(=O)c3c(c2c1)CCSC3)N1CCN(Cc2ccccc2)CC1. The highest BCUT2D eigenvalue weighted by molar-refractivity contribution is 7.98. The van der Waals surface area contributed by atoms with Crippen LogP contribution in [0.1, 0.15) is 27.0 Å². The first-order valence-electron chi connectivity index (χ1n) is 10.5. The lowest BCUT2D eigenvalue weighted by molar-refractivity contribution is 0.0628. The van der Waals surface area contributed by atoms with E-state index < -0.39 is 0 Å². The fourth-order valence-corrected chi connectivity index (χ4v) is 5.46. The Morgan fingerprint density at radius 2 is 1.80 bits per heavy atom. The van der Waals surface area contributed by atoms with Gasteiger partial charge < -0.3 is 9.88 Å². The fraction of sp³-hybridized carbons (Fsp3) is 0.333. The van der Waals surface area contributed by atoms with Gasteiger partial charge in [-0.25, -0.2) is 0 Å². The van der Waals surface area contributed by atoms with Crippen molar-refractivity contribution in [3.8, 4) is 0 Å². The van der Waals surface area contributed by atoms with Crippen LogP contribution < -0.4 is 5.56 Å². The number of aryl methyl sites for hydroxylation is 1. The number of nitrogens with one attached hydrogen (secondary N) is 1. The maximum absolute atomic E-state index is 13.2. The van der Waals surface area contributed by atoms with Crippen LogP contribution >= 0.6 is 11.8 Å². The summed E-state index contributed by atoms with van der Waals surface area (Å²) in [5.41, 5.74) is 4.86. The average molecular weight is 420 g/mol. The number of hydrogen-bond acceptors (Lipinski definition) is 4. The molecule has 1 amide bonds. The van der Waals surface area contributed by atoms with Crippen LogP contribution in [0, 0.1) is 0 Å². The summed E-state index contributed by atoms with van der Waals surface area (Å²) in [6.07, 6.45) is 0.885. The molecular formula is C24H25N3O2S. The fourth-order valence-electron chi connectivity index (χ4n) is 4.45. The van der Waals surface area contributed by atoms with Crippen LogP contribution in [0.3, 0.4) is 0 Å². The second-order valence-corrected chi connectivity index (χ2v) is 9.13. The third kappa shape index (κ3) is 3.77. The molecule has 154 valence electrons. The van der Waals surface area contributed by atoms with Gasteiger partial charge in [-0.05, 0) is 41.5 Å². The number of thioether (sulfide) groups is 1. The summed E-state index contributed by atoms with van der Waals surface area (Å²) >= 11 is 1.79. The molecule has 6 heteroatoms. The lowest BCUT2D eigenvalue weighted by Crippen LogP contribution is -2.48. The van der Waals surface area contributed by atoms with Gasteiger partial charge in [-0.2, -0.15) is 11.8 Å². The first kappa shape index (κ1) is 19.4. The quantitative estimate of drug-likeness (QED) is 0.708. The monoisotopic (exact) mass is 419 g/mol. The molecule has 1 aromatic heterocycles. The topological polar surface area (TPSA) is 56.4 Å². The first-order chi connectivity index (χ1) is 14.7. The zero-order valence-corrected chi connectivity index (χ0v) is 17.7. The highest BCUT2D eigenvalue weighted by Crippen LogP contribution is 2.28. The molecule has 2 aliphatic rings. The molecule has 0 spiro atoms. The number of aromatic nitrogens is 1. The van der Waals surface area contributed by atoms with Crippen LogP contribution in [0.4, 0.5) is 0 Å². The van der Waals surface area contributed by atoms with Gasteiger partial charge in [-0.15, -0.1) is 0 Å². The predicted octanol–water partition coefficient (Wildman–Crippen LogP) is 3.28. The van der Waals surface area contributed by atoms with Crippen molar-refractivity contribution in [1.82, 2.24) is 14.8 Å². The number of carbonyl (C=O) groups excluding carboxylic acids is 1. The molecule has 3 heterocycles. The standard InChI is InChI=1S/C24H25N3O2S/c28-23-21-16-30-13-8-19(21)20-14-18(6-7-22(20)25-23)24(29)27-11-9-26(10-12-27)15-17-4-2-1-3-5-17/h1-7,14H,8-13,15-16H2,(H,25,28). The third-order valence-corrected chi connectivity index (χ3v) is 7.12. The van der Waals surface area contributed by atoms with Crippen LogP contribution in [-0.4, -0.2) is 52.6 Å². The maximum atomic E-state index is 13.2. The highest BCUT2D eigenvalue weighted by Gasteiger charge is 2.23. The molecule has 30 heavy (non-hydrogen) atoms. The molecule has 5 nitrogen and oxygen atoms in total. The number of aromatic amines is 1. The largest absolute Gasteiger partial charge is 0.336 e. The Morgan fingerprint density at radius 1 is 1.00 bits per heavy atom. The number of H-pyrrole nitrogens is 1. The third-order valence-electron chi connectivity index (χ3n) is 6.13. The van der Waals surface area contributed by atoms with E-state index in [9.17, 15) is 9.59 Å². The minimum absolute atomic E-state index is 0.0123. The van der Waals surface area contributed by atoms with Gasteiger partial charge in [0.15, 0.2) is 0 Å². The van der Waals surface area contributed by atoms with E-state index in [0.29, 0.717) is 5.56 Å². The second kappa shape index (κ2) is 8.28. The van der Waals surface area contributed by atoms with Crippen molar-refractivity contribution in [2.24, 2.45) is 0 Å². The van der Waals surface area contributed by atoms with E-state index in [4.69, 9.17) is 0 Å². The Hall–Kier alpha value is -2.57. The molecule has 1 saturated heterocycles. The molecule has 5 rings (SSSR count). The molecule has 0 saturated carbocycles. The van der Waals surface area contributed by atoms with Gasteiger partial charge in [0.05, 0.1) is 0 Å². The van der Waals surface area contributed by atoms with Crippen molar-refractivity contribution in [3.05, 3.63) is 81.1 Å². The van der Waals surface area contributed by atoms with Gasteiger partial charge in [-0.3, -0.25) is 14.5 Å². The van der Waals surface area contributed by atoms with E-state index in [-0.39, 0.29) is 11.5 Å². The van der Waals surface area contributed by atoms with E-state index in [1.165, 1.54) is 5.56 Å². The summed E-state index contributed by atoms with van der Waals surface area (Å²) in [5.74, 6) is 1.86. The van der Waals surface area contributed by atoms with E-state index in [1.807, 2.05) is 29.2 Å². The number of carbonyl (C=O) groups is 1. The molecule has 0 aliphatic carbocycles. The Labute approximate surface area is 180 Å². The Morgan fingerprint density at radius 3 is 2.60 bits per heavy atom. The van der Waals surface area contributed by atoms with Gasteiger partial charge in [0.1, 0.15) is 0 Å². The number of benzene rings is 2. The molecule has 1 fully saturated rings. The summed E-state index contributed by atoms with van der Waals surface area (Å²) < 4.78 is 0. The van der Waals surface area contributed by atoms with Crippen LogP contribution in [0.15, 0.2) is 53.3 Å². The number of pyridine rings is 1. The molecule has 1 N–H and O–H groups in total. The van der Waals surface area contributed by atoms with Crippen molar-refractivity contribution in [3.63, 3.8) is 0 Å².